The molecule has 5 nitrogen and oxygen atoms in total. The summed E-state index contributed by atoms with van der Waals surface area (Å²) in [5.74, 6) is 2.24. The topological polar surface area (TPSA) is 63.7 Å². The van der Waals surface area contributed by atoms with E-state index in [2.05, 4.69) is 6.92 Å². The van der Waals surface area contributed by atoms with Crippen LogP contribution < -0.4 is 4.74 Å². The van der Waals surface area contributed by atoms with Gasteiger partial charge in [0.2, 0.25) is 10.0 Å². The lowest BCUT2D eigenvalue weighted by atomic mass is 9.56. The van der Waals surface area contributed by atoms with E-state index in [1.807, 2.05) is 0 Å². The van der Waals surface area contributed by atoms with Gasteiger partial charge >= 0.3 is 0 Å². The highest BCUT2D eigenvalue weighted by Crippen LogP contribution is 2.52. The Hall–Kier alpha value is -1.40. The van der Waals surface area contributed by atoms with E-state index in [9.17, 15) is 13.2 Å². The summed E-state index contributed by atoms with van der Waals surface area (Å²) >= 11 is 0. The van der Waals surface area contributed by atoms with E-state index >= 15 is 0 Å². The molecule has 0 N–H and O–H groups in total. The molecule has 0 amide bonds. The number of ketones is 1. The lowest BCUT2D eigenvalue weighted by molar-refractivity contribution is -0.136. The number of ether oxygens (including phenoxy) is 1. The molecular weight excluding hydrogens is 362 g/mol. The molecule has 148 valence electrons. The molecule has 1 aromatic carbocycles. The van der Waals surface area contributed by atoms with Crippen LogP contribution >= 0.6 is 0 Å². The third-order valence-corrected chi connectivity index (χ3v) is 9.05. The van der Waals surface area contributed by atoms with E-state index < -0.39 is 10.0 Å². The maximum Gasteiger partial charge on any atom is 0.243 e. The molecule has 6 heteroatoms. The fourth-order valence-electron chi connectivity index (χ4n) is 5.95. The first-order chi connectivity index (χ1) is 13.0. The molecular formula is C21H29NO4S. The highest BCUT2D eigenvalue weighted by Gasteiger charge is 2.53. The van der Waals surface area contributed by atoms with Crippen molar-refractivity contribution in [1.29, 1.82) is 0 Å². The Morgan fingerprint density at radius 3 is 2.56 bits per heavy atom. The van der Waals surface area contributed by atoms with Crippen LogP contribution in [0.1, 0.15) is 45.4 Å². The van der Waals surface area contributed by atoms with Gasteiger partial charge in [0.05, 0.1) is 12.0 Å². The fraction of sp³-hybridized carbons (Fsp3) is 0.667. The Morgan fingerprint density at radius 2 is 1.89 bits per heavy atom. The van der Waals surface area contributed by atoms with E-state index in [0.29, 0.717) is 47.1 Å². The molecule has 3 fully saturated rings. The van der Waals surface area contributed by atoms with E-state index in [0.717, 1.165) is 32.1 Å². The summed E-state index contributed by atoms with van der Waals surface area (Å²) in [6, 6.07) is 6.72. The maximum absolute atomic E-state index is 13.4. The quantitative estimate of drug-likeness (QED) is 0.788. The molecule has 27 heavy (non-hydrogen) atoms. The lowest BCUT2D eigenvalue weighted by Gasteiger charge is -2.54. The highest BCUT2D eigenvalue weighted by molar-refractivity contribution is 7.89. The monoisotopic (exact) mass is 391 g/mol. The van der Waals surface area contributed by atoms with E-state index in [4.69, 9.17) is 4.74 Å². The fourth-order valence-corrected chi connectivity index (χ4v) is 7.65. The molecule has 2 aliphatic carbocycles. The number of methoxy groups -OCH3 is 1. The molecule has 3 aliphatic rings. The van der Waals surface area contributed by atoms with Crippen molar-refractivity contribution >= 4 is 15.8 Å². The molecule has 1 aliphatic heterocycles. The molecule has 2 saturated carbocycles. The molecule has 0 radical (unpaired) electrons. The largest absolute Gasteiger partial charge is 0.497 e. The number of nitrogens with zero attached hydrogens (tertiary/aromatic N) is 1. The van der Waals surface area contributed by atoms with Gasteiger partial charge in [-0.05, 0) is 67.7 Å². The molecule has 5 atom stereocenters. The SMILES string of the molecule is CC[C@@H]1C(=O)C[C@H]2CCN(S(=O)(=O)c3ccc(OC)cc3)[C@H]3CCC[C@@H]1[C@H]23. The van der Waals surface area contributed by atoms with Crippen molar-refractivity contribution in [2.45, 2.75) is 56.4 Å². The van der Waals surface area contributed by atoms with Gasteiger partial charge < -0.3 is 4.74 Å². The first kappa shape index (κ1) is 18.9. The van der Waals surface area contributed by atoms with Crippen LogP contribution in [0.5, 0.6) is 5.75 Å². The molecule has 0 spiro atoms. The van der Waals surface area contributed by atoms with Gasteiger partial charge in [0.15, 0.2) is 0 Å². The summed E-state index contributed by atoms with van der Waals surface area (Å²) in [4.78, 5) is 12.9. The number of carbonyl (C=O) groups excluding carboxylic acids is 1. The number of Topliss-reactive ketones (excluding diaryl/α,β-unsaturated/α-hetero) is 1. The van der Waals surface area contributed by atoms with Crippen molar-refractivity contribution in [3.8, 4) is 5.75 Å². The summed E-state index contributed by atoms with van der Waals surface area (Å²) < 4.78 is 33.7. The summed E-state index contributed by atoms with van der Waals surface area (Å²) in [5, 5.41) is 0. The minimum Gasteiger partial charge on any atom is -0.497 e. The molecule has 4 rings (SSSR count). The Morgan fingerprint density at radius 1 is 1.15 bits per heavy atom. The average molecular weight is 392 g/mol. The highest BCUT2D eigenvalue weighted by atomic mass is 32.2. The summed E-state index contributed by atoms with van der Waals surface area (Å²) in [7, 11) is -1.96. The lowest BCUT2D eigenvalue weighted by Crippen LogP contribution is -2.59. The maximum atomic E-state index is 13.4. The molecule has 1 aromatic rings. The van der Waals surface area contributed by atoms with Gasteiger partial charge in [-0.1, -0.05) is 13.3 Å². The number of sulfonamides is 1. The first-order valence-electron chi connectivity index (χ1n) is 10.2. The molecule has 1 saturated heterocycles. The first-order valence-corrected chi connectivity index (χ1v) is 11.6. The average Bonchev–Trinajstić information content (AvgIpc) is 2.68. The zero-order chi connectivity index (χ0) is 19.2. The normalized spacial score (nSPS) is 34.1. The van der Waals surface area contributed by atoms with Crippen molar-refractivity contribution < 1.29 is 17.9 Å². The van der Waals surface area contributed by atoms with E-state index in [-0.39, 0.29) is 12.0 Å². The smallest absolute Gasteiger partial charge is 0.243 e. The second-order valence-corrected chi connectivity index (χ2v) is 10.2. The Kier molecular flexibility index (Phi) is 5.06. The molecule has 1 heterocycles. The van der Waals surface area contributed by atoms with E-state index in [1.165, 1.54) is 0 Å². The van der Waals surface area contributed by atoms with Gasteiger partial charge in [0, 0.05) is 24.9 Å². The Bertz CT molecular complexity index is 804. The van der Waals surface area contributed by atoms with Crippen molar-refractivity contribution in [3.63, 3.8) is 0 Å². The number of hydrogen-bond acceptors (Lipinski definition) is 4. The standard InChI is InChI=1S/C21H29NO4S/c1-3-17-18-5-4-6-19-21(18)14(13-20(17)23)11-12-22(19)27(24,25)16-9-7-15(26-2)8-10-16/h7-10,14,17-19,21H,3-6,11-13H2,1-2H3/t14-,17+,18+,19+,21+/m1/s1. The van der Waals surface area contributed by atoms with Crippen molar-refractivity contribution in [3.05, 3.63) is 24.3 Å². The predicted octanol–water partition coefficient (Wildman–Crippen LogP) is 3.49. The summed E-state index contributed by atoms with van der Waals surface area (Å²) in [6.07, 6.45) is 5.32. The second-order valence-electron chi connectivity index (χ2n) is 8.26. The number of benzene rings is 1. The van der Waals surface area contributed by atoms with Gasteiger partial charge in [0.25, 0.3) is 0 Å². The third kappa shape index (κ3) is 3.11. The van der Waals surface area contributed by atoms with Gasteiger partial charge in [-0.2, -0.15) is 4.31 Å². The number of hydrogen-bond donors (Lipinski definition) is 0. The third-order valence-electron chi connectivity index (χ3n) is 7.11. The Balaban J connectivity index is 1.66. The second kappa shape index (κ2) is 7.21. The van der Waals surface area contributed by atoms with Gasteiger partial charge in [-0.3, -0.25) is 4.79 Å². The number of carbonyl (C=O) groups is 1. The van der Waals surface area contributed by atoms with Crippen molar-refractivity contribution in [1.82, 2.24) is 4.31 Å². The zero-order valence-corrected chi connectivity index (χ0v) is 17.0. The van der Waals surface area contributed by atoms with Crippen LogP contribution in [0.15, 0.2) is 29.2 Å². The van der Waals surface area contributed by atoms with Crippen LogP contribution in [0.25, 0.3) is 0 Å². The van der Waals surface area contributed by atoms with Crippen LogP contribution in [0.2, 0.25) is 0 Å². The van der Waals surface area contributed by atoms with Crippen LogP contribution in [-0.2, 0) is 14.8 Å². The van der Waals surface area contributed by atoms with Gasteiger partial charge in [0.1, 0.15) is 11.5 Å². The number of piperidine rings is 1. The van der Waals surface area contributed by atoms with Crippen LogP contribution in [-0.4, -0.2) is 38.2 Å². The van der Waals surface area contributed by atoms with E-state index in [1.54, 1.807) is 35.7 Å². The number of rotatable bonds is 4. The van der Waals surface area contributed by atoms with Crippen LogP contribution in [0, 0.1) is 23.7 Å². The minimum atomic E-state index is -3.53. The summed E-state index contributed by atoms with van der Waals surface area (Å²) in [5.41, 5.74) is 0. The minimum absolute atomic E-state index is 0.0387. The van der Waals surface area contributed by atoms with Gasteiger partial charge in [-0.25, -0.2) is 8.42 Å². The molecule has 0 aromatic heterocycles. The van der Waals surface area contributed by atoms with Crippen LogP contribution in [0.4, 0.5) is 0 Å². The molecule has 0 unspecified atom stereocenters. The molecule has 0 bridgehead atoms. The van der Waals surface area contributed by atoms with Gasteiger partial charge in [-0.15, -0.1) is 0 Å². The summed E-state index contributed by atoms with van der Waals surface area (Å²) in [6.45, 7) is 2.62. The zero-order valence-electron chi connectivity index (χ0n) is 16.1. The van der Waals surface area contributed by atoms with Crippen molar-refractivity contribution in [2.75, 3.05) is 13.7 Å². The van der Waals surface area contributed by atoms with Crippen LogP contribution in [0.3, 0.4) is 0 Å². The predicted molar refractivity (Wildman–Crippen MR) is 103 cm³/mol. The van der Waals surface area contributed by atoms with Crippen molar-refractivity contribution in [2.24, 2.45) is 23.7 Å². The Labute approximate surface area is 162 Å².